The highest BCUT2D eigenvalue weighted by Gasteiger charge is 2.46. The van der Waals surface area contributed by atoms with Crippen LogP contribution in [0.1, 0.15) is 18.4 Å². The third kappa shape index (κ3) is 2.94. The van der Waals surface area contributed by atoms with Crippen molar-refractivity contribution in [3.05, 3.63) is 35.9 Å². The fourth-order valence-electron chi connectivity index (χ4n) is 2.18. The zero-order valence-electron chi connectivity index (χ0n) is 12.1. The van der Waals surface area contributed by atoms with E-state index in [2.05, 4.69) is 10.4 Å². The topological polar surface area (TPSA) is 72.9 Å². The maximum absolute atomic E-state index is 12.0. The number of aryl methyl sites for hydroxylation is 2. The Morgan fingerprint density at radius 1 is 1.38 bits per heavy atom. The number of aromatic nitrogens is 2. The molecule has 1 fully saturated rings. The summed E-state index contributed by atoms with van der Waals surface area (Å²) in [6.45, 7) is 2.04. The van der Waals surface area contributed by atoms with E-state index < -0.39 is 5.54 Å². The average molecular weight is 307 g/mol. The lowest BCUT2D eigenvalue weighted by Crippen LogP contribution is -2.38. The van der Waals surface area contributed by atoms with E-state index in [1.54, 1.807) is 4.68 Å². The number of rotatable bonds is 3. The molecule has 21 heavy (non-hydrogen) atoms. The second kappa shape index (κ2) is 5.50. The second-order valence-electron chi connectivity index (χ2n) is 5.46. The van der Waals surface area contributed by atoms with E-state index >= 15 is 0 Å². The van der Waals surface area contributed by atoms with Crippen molar-refractivity contribution in [2.45, 2.75) is 25.3 Å². The van der Waals surface area contributed by atoms with E-state index in [0.29, 0.717) is 5.82 Å². The molecule has 0 atom stereocenters. The van der Waals surface area contributed by atoms with E-state index in [9.17, 15) is 4.79 Å². The summed E-state index contributed by atoms with van der Waals surface area (Å²) in [6, 6.07) is 9.92. The van der Waals surface area contributed by atoms with Gasteiger partial charge in [-0.05, 0) is 25.3 Å². The summed E-state index contributed by atoms with van der Waals surface area (Å²) in [4.78, 5) is 12.0. The van der Waals surface area contributed by atoms with Gasteiger partial charge in [0.2, 0.25) is 5.91 Å². The molecule has 1 aliphatic carbocycles. The number of hydrogen-bond acceptors (Lipinski definition) is 3. The van der Waals surface area contributed by atoms with E-state index in [4.69, 9.17) is 5.73 Å². The molecule has 112 valence electrons. The monoisotopic (exact) mass is 306 g/mol. The fraction of sp³-hybridized carbons (Fsp3) is 0.333. The summed E-state index contributed by atoms with van der Waals surface area (Å²) in [5.74, 6) is 0.543. The highest BCUT2D eigenvalue weighted by atomic mass is 35.5. The van der Waals surface area contributed by atoms with Crippen LogP contribution in [0.4, 0.5) is 5.82 Å². The number of amides is 1. The first-order chi connectivity index (χ1) is 9.49. The Kier molecular flexibility index (Phi) is 4.07. The Morgan fingerprint density at radius 2 is 2.05 bits per heavy atom. The quantitative estimate of drug-likeness (QED) is 0.913. The molecular formula is C15H19ClN4O. The van der Waals surface area contributed by atoms with E-state index in [1.165, 1.54) is 0 Å². The molecule has 5 nitrogen and oxygen atoms in total. The number of nitrogens with zero attached hydrogens (tertiary/aromatic N) is 2. The van der Waals surface area contributed by atoms with Crippen molar-refractivity contribution in [1.29, 1.82) is 0 Å². The van der Waals surface area contributed by atoms with Gasteiger partial charge in [0.25, 0.3) is 0 Å². The molecule has 1 saturated carbocycles. The van der Waals surface area contributed by atoms with Crippen LogP contribution in [0.5, 0.6) is 0 Å². The lowest BCUT2D eigenvalue weighted by Gasteiger charge is -2.09. The lowest BCUT2D eigenvalue weighted by atomic mass is 10.1. The highest BCUT2D eigenvalue weighted by molar-refractivity contribution is 5.99. The fourth-order valence-corrected chi connectivity index (χ4v) is 2.18. The molecule has 1 aliphatic rings. The molecule has 1 aromatic heterocycles. The molecule has 2 aromatic rings. The third-order valence-electron chi connectivity index (χ3n) is 3.78. The number of benzene rings is 1. The normalized spacial score (nSPS) is 15.2. The van der Waals surface area contributed by atoms with E-state index in [1.807, 2.05) is 44.3 Å². The third-order valence-corrected chi connectivity index (χ3v) is 3.78. The maximum Gasteiger partial charge on any atom is 0.245 e. The van der Waals surface area contributed by atoms with Gasteiger partial charge in [0.15, 0.2) is 0 Å². The Bertz CT molecular complexity index is 676. The number of nitrogens with two attached hydrogens (primary N) is 1. The van der Waals surface area contributed by atoms with Crippen LogP contribution in [0.2, 0.25) is 0 Å². The summed E-state index contributed by atoms with van der Waals surface area (Å²) in [7, 11) is 1.81. The molecular weight excluding hydrogens is 288 g/mol. The molecule has 0 bridgehead atoms. The van der Waals surface area contributed by atoms with Crippen molar-refractivity contribution in [3.8, 4) is 11.3 Å². The summed E-state index contributed by atoms with van der Waals surface area (Å²) < 4.78 is 1.67. The molecule has 0 spiro atoms. The largest absolute Gasteiger partial charge is 0.317 e. The summed E-state index contributed by atoms with van der Waals surface area (Å²) in [5.41, 5.74) is 8.29. The van der Waals surface area contributed by atoms with Crippen molar-refractivity contribution in [1.82, 2.24) is 9.78 Å². The molecule has 1 amide bonds. The maximum atomic E-state index is 12.0. The molecule has 0 aliphatic heterocycles. The van der Waals surface area contributed by atoms with Crippen LogP contribution in [-0.4, -0.2) is 21.2 Å². The smallest absolute Gasteiger partial charge is 0.245 e. The standard InChI is InChI=1S/C15H18N4O.ClH/c1-10-5-3-4-6-11(10)12-9-13(19(2)18-12)17-14(20)15(16)7-8-15;/h3-6,9H,7-8,16H2,1-2H3,(H,17,20);1H. The Balaban J connectivity index is 0.00000161. The van der Waals surface area contributed by atoms with Gasteiger partial charge in [-0.25, -0.2) is 0 Å². The minimum Gasteiger partial charge on any atom is -0.317 e. The van der Waals surface area contributed by atoms with Gasteiger partial charge in [-0.3, -0.25) is 9.48 Å². The van der Waals surface area contributed by atoms with E-state index in [0.717, 1.165) is 29.7 Å². The van der Waals surface area contributed by atoms with Crippen molar-refractivity contribution in [3.63, 3.8) is 0 Å². The number of hydrogen-bond donors (Lipinski definition) is 2. The van der Waals surface area contributed by atoms with E-state index in [-0.39, 0.29) is 18.3 Å². The van der Waals surface area contributed by atoms with Gasteiger partial charge >= 0.3 is 0 Å². The van der Waals surface area contributed by atoms with Crippen molar-refractivity contribution in [2.75, 3.05) is 5.32 Å². The van der Waals surface area contributed by atoms with Crippen molar-refractivity contribution < 1.29 is 4.79 Å². The van der Waals surface area contributed by atoms with Crippen LogP contribution < -0.4 is 11.1 Å². The number of carbonyl (C=O) groups is 1. The minimum atomic E-state index is -0.674. The van der Waals surface area contributed by atoms with Crippen LogP contribution >= 0.6 is 12.4 Å². The zero-order valence-corrected chi connectivity index (χ0v) is 12.9. The van der Waals surface area contributed by atoms with Gasteiger partial charge < -0.3 is 11.1 Å². The Hall–Kier alpha value is -1.85. The molecule has 1 heterocycles. The summed E-state index contributed by atoms with van der Waals surface area (Å²) >= 11 is 0. The lowest BCUT2D eigenvalue weighted by molar-refractivity contribution is -0.118. The molecule has 0 unspecified atom stereocenters. The molecule has 0 saturated heterocycles. The number of anilines is 1. The molecule has 3 rings (SSSR count). The minimum absolute atomic E-state index is 0. The first-order valence-corrected chi connectivity index (χ1v) is 6.70. The predicted octanol–water partition coefficient (Wildman–Crippen LogP) is 2.25. The second-order valence-corrected chi connectivity index (χ2v) is 5.46. The summed E-state index contributed by atoms with van der Waals surface area (Å²) in [5, 5.41) is 7.32. The van der Waals surface area contributed by atoms with Crippen molar-refractivity contribution in [2.24, 2.45) is 12.8 Å². The van der Waals surface area contributed by atoms with Gasteiger partial charge in [0.1, 0.15) is 5.82 Å². The van der Waals surface area contributed by atoms with Gasteiger partial charge in [0.05, 0.1) is 11.2 Å². The van der Waals surface area contributed by atoms with Gasteiger partial charge in [-0.15, -0.1) is 12.4 Å². The van der Waals surface area contributed by atoms with Crippen LogP contribution in [0.3, 0.4) is 0 Å². The average Bonchev–Trinajstić information content (AvgIpc) is 3.07. The van der Waals surface area contributed by atoms with Crippen molar-refractivity contribution >= 4 is 24.1 Å². The summed E-state index contributed by atoms with van der Waals surface area (Å²) in [6.07, 6.45) is 1.50. The van der Waals surface area contributed by atoms with Gasteiger partial charge in [-0.1, -0.05) is 24.3 Å². The van der Waals surface area contributed by atoms with Gasteiger partial charge in [-0.2, -0.15) is 5.10 Å². The first-order valence-electron chi connectivity index (χ1n) is 6.70. The Morgan fingerprint density at radius 3 is 2.67 bits per heavy atom. The molecule has 1 aromatic carbocycles. The number of carbonyl (C=O) groups excluding carboxylic acids is 1. The van der Waals surface area contributed by atoms with Crippen LogP contribution in [0, 0.1) is 6.92 Å². The Labute approximate surface area is 129 Å². The zero-order chi connectivity index (χ0) is 14.3. The van der Waals surface area contributed by atoms with Crippen LogP contribution in [-0.2, 0) is 11.8 Å². The SMILES string of the molecule is Cc1ccccc1-c1cc(NC(=O)C2(N)CC2)n(C)n1.Cl. The van der Waals surface area contributed by atoms with Crippen LogP contribution in [0.15, 0.2) is 30.3 Å². The first kappa shape index (κ1) is 15.5. The molecule has 3 N–H and O–H groups in total. The molecule has 0 radical (unpaired) electrons. The molecule has 6 heteroatoms. The highest BCUT2D eigenvalue weighted by Crippen LogP contribution is 2.33. The predicted molar refractivity (Wildman–Crippen MR) is 85.4 cm³/mol. The number of nitrogens with one attached hydrogen (secondary N) is 1. The van der Waals surface area contributed by atoms with Crippen LogP contribution in [0.25, 0.3) is 11.3 Å². The number of halogens is 1. The van der Waals surface area contributed by atoms with Gasteiger partial charge in [0, 0.05) is 18.7 Å².